The average Bonchev–Trinajstić information content (AvgIpc) is 2.92. The predicted molar refractivity (Wildman–Crippen MR) is 91.3 cm³/mol. The molecule has 0 aliphatic carbocycles. The van der Waals surface area contributed by atoms with Crippen LogP contribution < -0.4 is 10.6 Å². The SMILES string of the molecule is Cn1nnnc1-c1cccc(NC(=O)N[C@@H](CCO)C(C)(C)C)c1. The molecule has 0 aliphatic rings. The van der Waals surface area contributed by atoms with E-state index < -0.39 is 0 Å². The molecule has 2 aromatic rings. The number of rotatable bonds is 5. The first-order valence-electron chi connectivity index (χ1n) is 7.82. The number of aryl methyl sites for hydroxylation is 1. The van der Waals surface area contributed by atoms with Gasteiger partial charge >= 0.3 is 6.03 Å². The molecular formula is C16H24N6O2. The molecule has 0 bridgehead atoms. The fourth-order valence-electron chi connectivity index (χ4n) is 2.39. The molecule has 3 N–H and O–H groups in total. The third-order valence-electron chi connectivity index (χ3n) is 3.77. The molecule has 0 radical (unpaired) electrons. The summed E-state index contributed by atoms with van der Waals surface area (Å²) in [5.41, 5.74) is 1.30. The highest BCUT2D eigenvalue weighted by molar-refractivity contribution is 5.90. The van der Waals surface area contributed by atoms with Crippen LogP contribution in [-0.4, -0.2) is 44.0 Å². The van der Waals surface area contributed by atoms with Crippen molar-refractivity contribution >= 4 is 11.7 Å². The van der Waals surface area contributed by atoms with Crippen molar-refractivity contribution in [3.05, 3.63) is 24.3 Å². The Morgan fingerprint density at radius 1 is 1.38 bits per heavy atom. The molecule has 8 nitrogen and oxygen atoms in total. The Balaban J connectivity index is 2.08. The van der Waals surface area contributed by atoms with E-state index in [2.05, 4.69) is 26.2 Å². The molecule has 2 rings (SSSR count). The second kappa shape index (κ2) is 7.39. The number of nitrogens with zero attached hydrogens (tertiary/aromatic N) is 4. The summed E-state index contributed by atoms with van der Waals surface area (Å²) in [6.45, 7) is 6.09. The summed E-state index contributed by atoms with van der Waals surface area (Å²) >= 11 is 0. The Morgan fingerprint density at radius 3 is 2.71 bits per heavy atom. The maximum absolute atomic E-state index is 12.3. The van der Waals surface area contributed by atoms with Gasteiger partial charge in [-0.2, -0.15) is 0 Å². The van der Waals surface area contributed by atoms with Gasteiger partial charge in [-0.15, -0.1) is 5.10 Å². The van der Waals surface area contributed by atoms with Crippen molar-refractivity contribution in [3.63, 3.8) is 0 Å². The molecule has 2 amide bonds. The van der Waals surface area contributed by atoms with Crippen LogP contribution in [0.3, 0.4) is 0 Å². The summed E-state index contributed by atoms with van der Waals surface area (Å²) in [6, 6.07) is 6.87. The number of urea groups is 1. The second-order valence-corrected chi connectivity index (χ2v) is 6.74. The van der Waals surface area contributed by atoms with E-state index in [0.717, 1.165) is 5.56 Å². The van der Waals surface area contributed by atoms with Gasteiger partial charge in [0.15, 0.2) is 5.82 Å². The molecule has 8 heteroatoms. The van der Waals surface area contributed by atoms with Crippen LogP contribution in [0.5, 0.6) is 0 Å². The van der Waals surface area contributed by atoms with Gasteiger partial charge in [0.25, 0.3) is 0 Å². The zero-order valence-corrected chi connectivity index (χ0v) is 14.4. The summed E-state index contributed by atoms with van der Waals surface area (Å²) in [4.78, 5) is 12.3. The van der Waals surface area contributed by atoms with Crippen LogP contribution in [0, 0.1) is 5.41 Å². The highest BCUT2D eigenvalue weighted by Crippen LogP contribution is 2.22. The topological polar surface area (TPSA) is 105 Å². The standard InChI is InChI=1S/C16H24N6O2/c1-16(2,3)13(8-9-23)18-15(24)17-12-7-5-6-11(10-12)14-19-20-21-22(14)4/h5-7,10,13,23H,8-9H2,1-4H3,(H2,17,18,24)/t13-/m0/s1. The molecule has 24 heavy (non-hydrogen) atoms. The highest BCUT2D eigenvalue weighted by atomic mass is 16.3. The molecule has 0 aliphatic heterocycles. The first kappa shape index (κ1) is 17.9. The van der Waals surface area contributed by atoms with E-state index in [1.165, 1.54) is 0 Å². The summed E-state index contributed by atoms with van der Waals surface area (Å²) in [5, 5.41) is 26.3. The first-order chi connectivity index (χ1) is 11.3. The van der Waals surface area contributed by atoms with E-state index in [0.29, 0.717) is 17.9 Å². The molecule has 0 unspecified atom stereocenters. The number of carbonyl (C=O) groups excluding carboxylic acids is 1. The van der Waals surface area contributed by atoms with E-state index in [9.17, 15) is 9.90 Å². The number of nitrogens with one attached hydrogen (secondary N) is 2. The van der Waals surface area contributed by atoms with E-state index in [4.69, 9.17) is 0 Å². The molecule has 1 heterocycles. The second-order valence-electron chi connectivity index (χ2n) is 6.74. The minimum absolute atomic E-state index is 0.0247. The van der Waals surface area contributed by atoms with Crippen molar-refractivity contribution in [1.82, 2.24) is 25.5 Å². The summed E-state index contributed by atoms with van der Waals surface area (Å²) in [6.07, 6.45) is 0.502. The fourth-order valence-corrected chi connectivity index (χ4v) is 2.39. The lowest BCUT2D eigenvalue weighted by Gasteiger charge is -2.31. The van der Waals surface area contributed by atoms with Crippen molar-refractivity contribution < 1.29 is 9.90 Å². The Morgan fingerprint density at radius 2 is 2.12 bits per heavy atom. The lowest BCUT2D eigenvalue weighted by molar-refractivity contribution is 0.194. The number of aliphatic hydroxyl groups excluding tert-OH is 1. The largest absolute Gasteiger partial charge is 0.396 e. The molecule has 0 fully saturated rings. The lowest BCUT2D eigenvalue weighted by Crippen LogP contribution is -2.46. The number of hydrogen-bond acceptors (Lipinski definition) is 5. The van der Waals surface area contributed by atoms with Crippen molar-refractivity contribution in [2.45, 2.75) is 33.2 Å². The van der Waals surface area contributed by atoms with Gasteiger partial charge in [-0.25, -0.2) is 9.48 Å². The summed E-state index contributed by atoms with van der Waals surface area (Å²) in [5.74, 6) is 0.618. The zero-order chi connectivity index (χ0) is 17.7. The molecule has 0 saturated heterocycles. The fraction of sp³-hybridized carbons (Fsp3) is 0.500. The third-order valence-corrected chi connectivity index (χ3v) is 3.77. The van der Waals surface area contributed by atoms with Gasteiger partial charge in [0, 0.05) is 30.9 Å². The molecule has 0 saturated carbocycles. The van der Waals surface area contributed by atoms with Crippen LogP contribution in [0.4, 0.5) is 10.5 Å². The maximum atomic E-state index is 12.3. The Labute approximate surface area is 141 Å². The average molecular weight is 332 g/mol. The van der Waals surface area contributed by atoms with Gasteiger partial charge in [-0.3, -0.25) is 0 Å². The normalized spacial score (nSPS) is 12.7. The van der Waals surface area contributed by atoms with E-state index in [1.807, 2.05) is 39.0 Å². The summed E-state index contributed by atoms with van der Waals surface area (Å²) < 4.78 is 1.57. The molecule has 1 aromatic heterocycles. The lowest BCUT2D eigenvalue weighted by atomic mass is 9.85. The van der Waals surface area contributed by atoms with Crippen molar-refractivity contribution in [3.8, 4) is 11.4 Å². The Bertz CT molecular complexity index is 692. The van der Waals surface area contributed by atoms with Gasteiger partial charge in [0.05, 0.1) is 0 Å². The molecule has 1 aromatic carbocycles. The predicted octanol–water partition coefficient (Wildman–Crippen LogP) is 1.80. The van der Waals surface area contributed by atoms with Crippen LogP contribution in [0.25, 0.3) is 11.4 Å². The minimum Gasteiger partial charge on any atom is -0.396 e. The minimum atomic E-state index is -0.309. The number of anilines is 1. The van der Waals surface area contributed by atoms with Crippen LogP contribution in [0.1, 0.15) is 27.2 Å². The Kier molecular flexibility index (Phi) is 5.50. The van der Waals surface area contributed by atoms with Crippen LogP contribution in [0.2, 0.25) is 0 Å². The number of carbonyl (C=O) groups is 1. The number of tetrazole rings is 1. The molecular weight excluding hydrogens is 308 g/mol. The summed E-state index contributed by atoms with van der Waals surface area (Å²) in [7, 11) is 1.75. The van der Waals surface area contributed by atoms with Gasteiger partial charge in [-0.1, -0.05) is 32.9 Å². The van der Waals surface area contributed by atoms with E-state index >= 15 is 0 Å². The Hall–Kier alpha value is -2.48. The van der Waals surface area contributed by atoms with Gasteiger partial charge in [0.1, 0.15) is 0 Å². The van der Waals surface area contributed by atoms with Gasteiger partial charge < -0.3 is 15.7 Å². The number of benzene rings is 1. The molecule has 130 valence electrons. The zero-order valence-electron chi connectivity index (χ0n) is 14.4. The van der Waals surface area contributed by atoms with Crippen molar-refractivity contribution in [2.24, 2.45) is 12.5 Å². The van der Waals surface area contributed by atoms with Crippen molar-refractivity contribution in [2.75, 3.05) is 11.9 Å². The van der Waals surface area contributed by atoms with Crippen LogP contribution >= 0.6 is 0 Å². The number of hydrogen-bond donors (Lipinski definition) is 3. The highest BCUT2D eigenvalue weighted by Gasteiger charge is 2.25. The van der Waals surface area contributed by atoms with Crippen LogP contribution in [-0.2, 0) is 7.05 Å². The number of amides is 2. The van der Waals surface area contributed by atoms with Gasteiger partial charge in [0.2, 0.25) is 0 Å². The van der Waals surface area contributed by atoms with E-state index in [-0.39, 0.29) is 24.1 Å². The van der Waals surface area contributed by atoms with E-state index in [1.54, 1.807) is 17.8 Å². The number of aromatic nitrogens is 4. The monoisotopic (exact) mass is 332 g/mol. The van der Waals surface area contributed by atoms with Gasteiger partial charge in [-0.05, 0) is 34.4 Å². The number of aliphatic hydroxyl groups is 1. The smallest absolute Gasteiger partial charge is 0.319 e. The molecule has 0 spiro atoms. The molecule has 1 atom stereocenters. The third kappa shape index (κ3) is 4.51. The first-order valence-corrected chi connectivity index (χ1v) is 7.82. The maximum Gasteiger partial charge on any atom is 0.319 e. The quantitative estimate of drug-likeness (QED) is 0.774. The van der Waals surface area contributed by atoms with Crippen molar-refractivity contribution in [1.29, 1.82) is 0 Å². The van der Waals surface area contributed by atoms with Crippen LogP contribution in [0.15, 0.2) is 24.3 Å².